The second-order valence-electron chi connectivity index (χ2n) is 5.47. The summed E-state index contributed by atoms with van der Waals surface area (Å²) in [5.41, 5.74) is -0.0979. The number of hydrogen-bond acceptors (Lipinski definition) is 3. The smallest absolute Gasteiger partial charge is 0.231 e. The average Bonchev–Trinajstić information content (AvgIpc) is 2.53. The minimum atomic E-state index is -0.775. The van der Waals surface area contributed by atoms with Crippen molar-refractivity contribution in [2.45, 2.75) is 37.6 Å². The molecule has 1 unspecified atom stereocenters. The van der Waals surface area contributed by atoms with Gasteiger partial charge in [-0.15, -0.1) is 0 Å². The Balaban J connectivity index is 2.31. The summed E-state index contributed by atoms with van der Waals surface area (Å²) >= 11 is 0. The molecule has 0 saturated carbocycles. The number of carbonyl (C=O) groups excluding carboxylic acids is 1. The maximum Gasteiger partial charge on any atom is 0.231 e. The normalized spacial score (nSPS) is 19.0. The fourth-order valence-corrected chi connectivity index (χ4v) is 2.75. The van der Waals surface area contributed by atoms with Crippen LogP contribution in [0, 0.1) is 5.82 Å². The highest BCUT2D eigenvalue weighted by atomic mass is 19.1. The fraction of sp³-hybridized carbons (Fsp3) is 0.562. The van der Waals surface area contributed by atoms with E-state index in [1.54, 1.807) is 12.1 Å². The Morgan fingerprint density at radius 3 is 2.76 bits per heavy atom. The molecule has 2 rings (SSSR count). The van der Waals surface area contributed by atoms with Gasteiger partial charge < -0.3 is 15.2 Å². The van der Waals surface area contributed by atoms with Gasteiger partial charge in [-0.05, 0) is 37.0 Å². The van der Waals surface area contributed by atoms with Gasteiger partial charge in [-0.1, -0.05) is 19.1 Å². The maximum absolute atomic E-state index is 13.5. The van der Waals surface area contributed by atoms with Crippen molar-refractivity contribution in [1.82, 2.24) is 5.32 Å². The molecule has 1 aliphatic heterocycles. The summed E-state index contributed by atoms with van der Waals surface area (Å²) in [4.78, 5) is 12.8. The first-order valence-corrected chi connectivity index (χ1v) is 7.38. The second kappa shape index (κ2) is 7.00. The number of halogens is 1. The molecular formula is C16H22FNO3. The minimum absolute atomic E-state index is 0.0992. The van der Waals surface area contributed by atoms with E-state index in [4.69, 9.17) is 4.74 Å². The number of aliphatic hydroxyl groups excluding tert-OH is 1. The molecule has 0 radical (unpaired) electrons. The summed E-state index contributed by atoms with van der Waals surface area (Å²) in [6.45, 7) is 2.75. The average molecular weight is 295 g/mol. The quantitative estimate of drug-likeness (QED) is 0.870. The standard InChI is InChI=1S/C16H22FNO3/c1-2-14(11-19)18-15(20)16(6-8-21-9-7-16)12-4-3-5-13(17)10-12/h3-5,10,14,19H,2,6-9,11H2,1H3,(H,18,20). The number of ether oxygens (including phenoxy) is 1. The molecule has 0 spiro atoms. The van der Waals surface area contributed by atoms with Gasteiger partial charge in [0.15, 0.2) is 0 Å². The van der Waals surface area contributed by atoms with Crippen LogP contribution in [-0.2, 0) is 14.9 Å². The first-order chi connectivity index (χ1) is 10.1. The number of carbonyl (C=O) groups is 1. The molecule has 1 aromatic carbocycles. The lowest BCUT2D eigenvalue weighted by atomic mass is 9.73. The van der Waals surface area contributed by atoms with Crippen LogP contribution < -0.4 is 5.32 Å². The monoisotopic (exact) mass is 295 g/mol. The molecule has 1 atom stereocenters. The van der Waals surface area contributed by atoms with E-state index >= 15 is 0 Å². The highest BCUT2D eigenvalue weighted by Crippen LogP contribution is 2.35. The van der Waals surface area contributed by atoms with Crippen LogP contribution in [0.2, 0.25) is 0 Å². The molecule has 0 aromatic heterocycles. The molecule has 116 valence electrons. The van der Waals surface area contributed by atoms with E-state index < -0.39 is 5.41 Å². The van der Waals surface area contributed by atoms with Crippen molar-refractivity contribution in [3.63, 3.8) is 0 Å². The molecule has 2 N–H and O–H groups in total. The predicted octanol–water partition coefficient (Wildman–Crippen LogP) is 1.76. The molecule has 0 bridgehead atoms. The number of rotatable bonds is 5. The Morgan fingerprint density at radius 1 is 1.48 bits per heavy atom. The van der Waals surface area contributed by atoms with Crippen LogP contribution in [0.3, 0.4) is 0 Å². The van der Waals surface area contributed by atoms with E-state index in [0.717, 1.165) is 0 Å². The highest BCUT2D eigenvalue weighted by molar-refractivity contribution is 5.88. The summed E-state index contributed by atoms with van der Waals surface area (Å²) in [7, 11) is 0. The maximum atomic E-state index is 13.5. The Bertz CT molecular complexity index is 482. The van der Waals surface area contributed by atoms with E-state index in [1.165, 1.54) is 12.1 Å². The third-order valence-corrected chi connectivity index (χ3v) is 4.21. The van der Waals surface area contributed by atoms with Crippen LogP contribution in [0.15, 0.2) is 24.3 Å². The van der Waals surface area contributed by atoms with Crippen molar-refractivity contribution in [2.75, 3.05) is 19.8 Å². The molecule has 1 fully saturated rings. The summed E-state index contributed by atoms with van der Waals surface area (Å²) in [5.74, 6) is -0.502. The lowest BCUT2D eigenvalue weighted by Gasteiger charge is -2.37. The number of benzene rings is 1. The Kier molecular flexibility index (Phi) is 5.31. The summed E-state index contributed by atoms with van der Waals surface area (Å²) in [6, 6.07) is 5.93. The Hall–Kier alpha value is -1.46. The molecule has 0 aliphatic carbocycles. The third kappa shape index (κ3) is 3.41. The molecule has 1 amide bonds. The van der Waals surface area contributed by atoms with E-state index in [-0.39, 0.29) is 24.4 Å². The van der Waals surface area contributed by atoms with Gasteiger partial charge in [-0.25, -0.2) is 4.39 Å². The van der Waals surface area contributed by atoms with Gasteiger partial charge in [0, 0.05) is 13.2 Å². The summed E-state index contributed by atoms with van der Waals surface area (Å²) in [6.07, 6.45) is 1.69. The van der Waals surface area contributed by atoms with Gasteiger partial charge in [-0.2, -0.15) is 0 Å². The van der Waals surface area contributed by atoms with Crippen LogP contribution in [0.5, 0.6) is 0 Å². The molecule has 1 heterocycles. The van der Waals surface area contributed by atoms with Crippen LogP contribution >= 0.6 is 0 Å². The predicted molar refractivity (Wildman–Crippen MR) is 77.4 cm³/mol. The fourth-order valence-electron chi connectivity index (χ4n) is 2.75. The molecule has 4 nitrogen and oxygen atoms in total. The minimum Gasteiger partial charge on any atom is -0.394 e. The number of hydrogen-bond donors (Lipinski definition) is 2. The van der Waals surface area contributed by atoms with Gasteiger partial charge in [0.25, 0.3) is 0 Å². The van der Waals surface area contributed by atoms with Crippen molar-refractivity contribution in [2.24, 2.45) is 0 Å². The lowest BCUT2D eigenvalue weighted by Crippen LogP contribution is -2.51. The first kappa shape index (κ1) is 15.9. The molecule has 21 heavy (non-hydrogen) atoms. The summed E-state index contributed by atoms with van der Waals surface area (Å²) in [5, 5.41) is 12.2. The molecule has 1 saturated heterocycles. The number of nitrogens with one attached hydrogen (secondary N) is 1. The summed E-state index contributed by atoms with van der Waals surface area (Å²) < 4.78 is 18.9. The van der Waals surface area contributed by atoms with Gasteiger partial charge in [-0.3, -0.25) is 4.79 Å². The van der Waals surface area contributed by atoms with Crippen molar-refractivity contribution >= 4 is 5.91 Å². The van der Waals surface area contributed by atoms with Gasteiger partial charge in [0.1, 0.15) is 5.82 Å². The first-order valence-electron chi connectivity index (χ1n) is 7.38. The van der Waals surface area contributed by atoms with E-state index in [9.17, 15) is 14.3 Å². The topological polar surface area (TPSA) is 58.6 Å². The molecule has 1 aliphatic rings. The Morgan fingerprint density at radius 2 is 2.19 bits per heavy atom. The molecular weight excluding hydrogens is 273 g/mol. The van der Waals surface area contributed by atoms with E-state index in [2.05, 4.69) is 5.32 Å². The van der Waals surface area contributed by atoms with Gasteiger partial charge in [0.2, 0.25) is 5.91 Å². The van der Waals surface area contributed by atoms with Crippen LogP contribution in [0.25, 0.3) is 0 Å². The van der Waals surface area contributed by atoms with Crippen molar-refractivity contribution < 1.29 is 19.0 Å². The van der Waals surface area contributed by atoms with Crippen molar-refractivity contribution in [1.29, 1.82) is 0 Å². The number of aliphatic hydroxyl groups is 1. The van der Waals surface area contributed by atoms with E-state index in [0.29, 0.717) is 38.0 Å². The molecule has 1 aromatic rings. The lowest BCUT2D eigenvalue weighted by molar-refractivity contribution is -0.131. The number of amides is 1. The zero-order chi connectivity index (χ0) is 15.3. The van der Waals surface area contributed by atoms with E-state index in [1.807, 2.05) is 6.92 Å². The van der Waals surface area contributed by atoms with Crippen LogP contribution in [0.1, 0.15) is 31.7 Å². The third-order valence-electron chi connectivity index (χ3n) is 4.21. The van der Waals surface area contributed by atoms with Gasteiger partial charge >= 0.3 is 0 Å². The van der Waals surface area contributed by atoms with Crippen molar-refractivity contribution in [3.05, 3.63) is 35.6 Å². The zero-order valence-electron chi connectivity index (χ0n) is 12.3. The highest BCUT2D eigenvalue weighted by Gasteiger charge is 2.42. The van der Waals surface area contributed by atoms with Crippen LogP contribution in [-0.4, -0.2) is 36.9 Å². The molecule has 5 heteroatoms. The largest absolute Gasteiger partial charge is 0.394 e. The van der Waals surface area contributed by atoms with Crippen LogP contribution in [0.4, 0.5) is 4.39 Å². The van der Waals surface area contributed by atoms with Crippen molar-refractivity contribution in [3.8, 4) is 0 Å². The Labute approximate surface area is 124 Å². The zero-order valence-corrected chi connectivity index (χ0v) is 12.3. The second-order valence-corrected chi connectivity index (χ2v) is 5.47. The van der Waals surface area contributed by atoms with Gasteiger partial charge in [0.05, 0.1) is 18.1 Å². The SMILES string of the molecule is CCC(CO)NC(=O)C1(c2cccc(F)c2)CCOCC1.